The van der Waals surface area contributed by atoms with E-state index < -0.39 is 5.97 Å². The van der Waals surface area contributed by atoms with Crippen molar-refractivity contribution in [3.63, 3.8) is 0 Å². The van der Waals surface area contributed by atoms with Crippen molar-refractivity contribution in [1.82, 2.24) is 5.32 Å². The number of hydrogen-bond donors (Lipinski definition) is 2. The van der Waals surface area contributed by atoms with E-state index in [9.17, 15) is 9.59 Å². The van der Waals surface area contributed by atoms with Crippen LogP contribution in [0, 0.1) is 0 Å². The normalized spacial score (nSPS) is 9.62. The fourth-order valence-electron chi connectivity index (χ4n) is 0.767. The maximum Gasteiger partial charge on any atom is 0.319 e. The molecule has 5 nitrogen and oxygen atoms in total. The molecule has 2 N–H and O–H groups in total. The van der Waals surface area contributed by atoms with Gasteiger partial charge in [-0.05, 0) is 19.9 Å². The maximum absolute atomic E-state index is 10.7. The summed E-state index contributed by atoms with van der Waals surface area (Å²) in [5, 5.41) is 11.1. The number of ether oxygens (including phenoxy) is 1. The van der Waals surface area contributed by atoms with Crippen molar-refractivity contribution < 1.29 is 19.4 Å². The van der Waals surface area contributed by atoms with Crippen LogP contribution in [0.15, 0.2) is 0 Å². The lowest BCUT2D eigenvalue weighted by Gasteiger charge is -2.02. The van der Waals surface area contributed by atoms with Crippen LogP contribution in [0.5, 0.6) is 0 Å². The molecule has 0 fully saturated rings. The number of carboxylic acids is 1. The van der Waals surface area contributed by atoms with E-state index in [2.05, 4.69) is 10.1 Å². The smallest absolute Gasteiger partial charge is 0.319 e. The molecule has 0 atom stereocenters. The highest BCUT2D eigenvalue weighted by Gasteiger charge is 2.00. The molecule has 0 aromatic heterocycles. The molecule has 0 aliphatic carbocycles. The summed E-state index contributed by atoms with van der Waals surface area (Å²) in [6.45, 7) is 2.77. The lowest BCUT2D eigenvalue weighted by atomic mass is 10.3. The zero-order valence-corrected chi connectivity index (χ0v) is 7.71. The van der Waals surface area contributed by atoms with Gasteiger partial charge in [-0.25, -0.2) is 0 Å². The van der Waals surface area contributed by atoms with E-state index >= 15 is 0 Å². The van der Waals surface area contributed by atoms with Gasteiger partial charge in [0, 0.05) is 6.42 Å². The lowest BCUT2D eigenvalue weighted by molar-refractivity contribution is -0.142. The van der Waals surface area contributed by atoms with Crippen molar-refractivity contribution in [2.24, 2.45) is 0 Å². The minimum absolute atomic E-state index is 0.121. The Labute approximate surface area is 77.1 Å². The van der Waals surface area contributed by atoms with E-state index in [1.165, 1.54) is 0 Å². The number of aliphatic carboxylic acids is 1. The first-order valence-corrected chi connectivity index (χ1v) is 4.25. The molecule has 0 radical (unpaired) electrons. The van der Waals surface area contributed by atoms with Crippen LogP contribution < -0.4 is 5.32 Å². The van der Waals surface area contributed by atoms with Crippen molar-refractivity contribution in [2.45, 2.75) is 19.8 Å². The molecule has 0 unspecified atom stereocenters. The zero-order chi connectivity index (χ0) is 10.1. The van der Waals surface area contributed by atoms with Gasteiger partial charge in [0.2, 0.25) is 0 Å². The van der Waals surface area contributed by atoms with Gasteiger partial charge in [-0.3, -0.25) is 9.59 Å². The number of esters is 1. The van der Waals surface area contributed by atoms with Crippen LogP contribution in [0.1, 0.15) is 19.8 Å². The van der Waals surface area contributed by atoms with Crippen LogP contribution in [0.2, 0.25) is 0 Å². The van der Waals surface area contributed by atoms with Gasteiger partial charge >= 0.3 is 11.9 Å². The highest BCUT2D eigenvalue weighted by Crippen LogP contribution is 1.85. The highest BCUT2D eigenvalue weighted by atomic mass is 16.5. The summed E-state index contributed by atoms with van der Waals surface area (Å²) in [7, 11) is 0. The van der Waals surface area contributed by atoms with Crippen LogP contribution in [0.3, 0.4) is 0 Å². The summed E-state index contributed by atoms with van der Waals surface area (Å²) < 4.78 is 4.65. The second kappa shape index (κ2) is 7.54. The third kappa shape index (κ3) is 8.81. The second-order valence-electron chi connectivity index (χ2n) is 2.48. The minimum atomic E-state index is -0.821. The Morgan fingerprint density at radius 3 is 2.69 bits per heavy atom. The van der Waals surface area contributed by atoms with Crippen LogP contribution in [0.4, 0.5) is 0 Å². The first-order chi connectivity index (χ1) is 6.16. The first kappa shape index (κ1) is 11.9. The zero-order valence-electron chi connectivity index (χ0n) is 7.71. The SMILES string of the molecule is CCOC(=O)CNCCCC(=O)O. The average Bonchev–Trinajstić information content (AvgIpc) is 2.03. The van der Waals surface area contributed by atoms with Gasteiger partial charge in [0.05, 0.1) is 13.2 Å². The number of hydrogen-bond acceptors (Lipinski definition) is 4. The molecule has 0 aromatic rings. The lowest BCUT2D eigenvalue weighted by Crippen LogP contribution is -2.25. The molecule has 0 heterocycles. The highest BCUT2D eigenvalue weighted by molar-refractivity contribution is 5.71. The van der Waals surface area contributed by atoms with Gasteiger partial charge in [-0.1, -0.05) is 0 Å². The number of carbonyl (C=O) groups excluding carboxylic acids is 1. The van der Waals surface area contributed by atoms with E-state index in [0.29, 0.717) is 19.6 Å². The van der Waals surface area contributed by atoms with E-state index in [1.54, 1.807) is 6.92 Å². The van der Waals surface area contributed by atoms with Gasteiger partial charge in [0.15, 0.2) is 0 Å². The summed E-state index contributed by atoms with van der Waals surface area (Å²) in [5.41, 5.74) is 0. The molecule has 0 aliphatic rings. The molecule has 5 heteroatoms. The van der Waals surface area contributed by atoms with Gasteiger partial charge in [0.25, 0.3) is 0 Å². The Morgan fingerprint density at radius 2 is 2.15 bits per heavy atom. The van der Waals surface area contributed by atoms with Crippen molar-refractivity contribution >= 4 is 11.9 Å². The summed E-state index contributed by atoms with van der Waals surface area (Å²) >= 11 is 0. The molecular formula is C8H15NO4. The van der Waals surface area contributed by atoms with Crippen molar-refractivity contribution in [2.75, 3.05) is 19.7 Å². The van der Waals surface area contributed by atoms with E-state index in [-0.39, 0.29) is 18.9 Å². The molecule has 0 bridgehead atoms. The van der Waals surface area contributed by atoms with Gasteiger partial charge in [-0.2, -0.15) is 0 Å². The van der Waals surface area contributed by atoms with Gasteiger partial charge < -0.3 is 15.2 Å². The topological polar surface area (TPSA) is 75.6 Å². The molecule has 0 aliphatic heterocycles. The number of nitrogens with one attached hydrogen (secondary N) is 1. The molecule has 0 spiro atoms. The molecule has 0 saturated carbocycles. The van der Waals surface area contributed by atoms with Crippen molar-refractivity contribution in [3.05, 3.63) is 0 Å². The first-order valence-electron chi connectivity index (χ1n) is 4.25. The predicted molar refractivity (Wildman–Crippen MR) is 46.4 cm³/mol. The molecule has 0 saturated heterocycles. The molecule has 0 rings (SSSR count). The Morgan fingerprint density at radius 1 is 1.46 bits per heavy atom. The molecular weight excluding hydrogens is 174 g/mol. The van der Waals surface area contributed by atoms with Crippen LogP contribution >= 0.6 is 0 Å². The van der Waals surface area contributed by atoms with Gasteiger partial charge in [0.1, 0.15) is 0 Å². The molecule has 13 heavy (non-hydrogen) atoms. The Balaban J connectivity index is 3.16. The summed E-state index contributed by atoms with van der Waals surface area (Å²) in [5.74, 6) is -1.13. The van der Waals surface area contributed by atoms with Crippen LogP contribution in [-0.2, 0) is 14.3 Å². The molecule has 0 amide bonds. The summed E-state index contributed by atoms with van der Waals surface area (Å²) in [4.78, 5) is 20.8. The van der Waals surface area contributed by atoms with Crippen LogP contribution in [0.25, 0.3) is 0 Å². The average molecular weight is 189 g/mol. The van der Waals surface area contributed by atoms with Crippen LogP contribution in [-0.4, -0.2) is 36.7 Å². The number of carbonyl (C=O) groups is 2. The quantitative estimate of drug-likeness (QED) is 0.435. The monoisotopic (exact) mass is 189 g/mol. The minimum Gasteiger partial charge on any atom is -0.481 e. The van der Waals surface area contributed by atoms with E-state index in [1.807, 2.05) is 0 Å². The van der Waals surface area contributed by atoms with Gasteiger partial charge in [-0.15, -0.1) is 0 Å². The largest absolute Gasteiger partial charge is 0.481 e. The molecule has 76 valence electrons. The van der Waals surface area contributed by atoms with E-state index in [0.717, 1.165) is 0 Å². The fraction of sp³-hybridized carbons (Fsp3) is 0.750. The second-order valence-corrected chi connectivity index (χ2v) is 2.48. The van der Waals surface area contributed by atoms with Crippen molar-refractivity contribution in [3.8, 4) is 0 Å². The Bertz CT molecular complexity index is 170. The molecule has 0 aromatic carbocycles. The van der Waals surface area contributed by atoms with Crippen molar-refractivity contribution in [1.29, 1.82) is 0 Å². The number of carboxylic acid groups (broad SMARTS) is 1. The third-order valence-corrected chi connectivity index (χ3v) is 1.32. The van der Waals surface area contributed by atoms with E-state index in [4.69, 9.17) is 5.11 Å². The fourth-order valence-corrected chi connectivity index (χ4v) is 0.767. The number of rotatable bonds is 7. The predicted octanol–water partition coefficient (Wildman–Crippen LogP) is 0.00390. The summed E-state index contributed by atoms with van der Waals surface area (Å²) in [6, 6.07) is 0. The Kier molecular flexibility index (Phi) is 6.91. The summed E-state index contributed by atoms with van der Waals surface area (Å²) in [6.07, 6.45) is 0.643. The third-order valence-electron chi connectivity index (χ3n) is 1.32. The standard InChI is InChI=1S/C8H15NO4/c1-2-13-8(12)6-9-5-3-4-7(10)11/h9H,2-6H2,1H3,(H,10,11). The Hall–Kier alpha value is -1.10. The maximum atomic E-state index is 10.7.